The molecule has 3 aromatic rings. The number of aromatic nitrogens is 2. The molecule has 2 N–H and O–H groups in total. The second kappa shape index (κ2) is 7.75. The van der Waals surface area contributed by atoms with Gasteiger partial charge >= 0.3 is 5.76 Å². The highest BCUT2D eigenvalue weighted by atomic mass is 35.5. The van der Waals surface area contributed by atoms with Crippen molar-refractivity contribution in [2.45, 2.75) is 13.0 Å². The lowest BCUT2D eigenvalue weighted by Crippen LogP contribution is -2.54. The summed E-state index contributed by atoms with van der Waals surface area (Å²) in [7, 11) is 0. The molecule has 0 bridgehead atoms. The fourth-order valence-electron chi connectivity index (χ4n) is 3.46. The van der Waals surface area contributed by atoms with E-state index in [9.17, 15) is 14.0 Å². The van der Waals surface area contributed by atoms with E-state index in [1.54, 1.807) is 17.0 Å². The molecule has 0 unspecified atom stereocenters. The molecule has 2 aromatic heterocycles. The zero-order chi connectivity index (χ0) is 20.5. The predicted molar refractivity (Wildman–Crippen MR) is 108 cm³/mol. The maximum Gasteiger partial charge on any atom is 0.418 e. The minimum Gasteiger partial charge on any atom is -0.406 e. The van der Waals surface area contributed by atoms with Gasteiger partial charge in [-0.05, 0) is 25.1 Å². The van der Waals surface area contributed by atoms with E-state index in [1.165, 1.54) is 18.3 Å². The number of hydrogen-bond donors (Lipinski definition) is 2. The third kappa shape index (κ3) is 4.04. The van der Waals surface area contributed by atoms with E-state index >= 15 is 0 Å². The molecular formula is C19H19ClFN5O3. The number of benzene rings is 1. The van der Waals surface area contributed by atoms with Crippen LogP contribution in [0.4, 0.5) is 15.8 Å². The minimum atomic E-state index is -0.576. The minimum absolute atomic E-state index is 0.0282. The Morgan fingerprint density at radius 2 is 2.24 bits per heavy atom. The van der Waals surface area contributed by atoms with Crippen molar-refractivity contribution in [3.8, 4) is 0 Å². The lowest BCUT2D eigenvalue weighted by molar-refractivity contribution is -0.130. The van der Waals surface area contributed by atoms with E-state index in [2.05, 4.69) is 20.2 Å². The van der Waals surface area contributed by atoms with Gasteiger partial charge in [0.1, 0.15) is 5.82 Å². The van der Waals surface area contributed by atoms with Gasteiger partial charge in [-0.15, -0.1) is 0 Å². The molecule has 152 valence electrons. The molecule has 1 aliphatic rings. The van der Waals surface area contributed by atoms with E-state index in [1.807, 2.05) is 6.92 Å². The molecule has 0 spiro atoms. The van der Waals surface area contributed by atoms with Crippen molar-refractivity contribution in [1.29, 1.82) is 0 Å². The van der Waals surface area contributed by atoms with Crippen molar-refractivity contribution in [2.24, 2.45) is 0 Å². The molecule has 4 rings (SSSR count). The predicted octanol–water partition coefficient (Wildman–Crippen LogP) is 2.46. The molecule has 1 aromatic carbocycles. The number of amides is 1. The van der Waals surface area contributed by atoms with Crippen molar-refractivity contribution < 1.29 is 13.6 Å². The van der Waals surface area contributed by atoms with Crippen LogP contribution in [0.2, 0.25) is 5.02 Å². The Bertz CT molecular complexity index is 1110. The summed E-state index contributed by atoms with van der Waals surface area (Å²) in [5.74, 6) is -1.09. The van der Waals surface area contributed by atoms with Gasteiger partial charge in [-0.3, -0.25) is 9.78 Å². The highest BCUT2D eigenvalue weighted by molar-refractivity contribution is 6.30. The van der Waals surface area contributed by atoms with Crippen LogP contribution in [0.15, 0.2) is 39.7 Å². The number of nitrogens with one attached hydrogen (secondary N) is 2. The monoisotopic (exact) mass is 419 g/mol. The Balaban J connectivity index is 1.36. The number of piperazine rings is 1. The van der Waals surface area contributed by atoms with Crippen LogP contribution >= 0.6 is 11.6 Å². The first-order chi connectivity index (χ1) is 13.9. The topological polar surface area (TPSA) is 94.5 Å². The zero-order valence-electron chi connectivity index (χ0n) is 15.6. The molecule has 1 fully saturated rings. The molecule has 0 aliphatic carbocycles. The second-order valence-corrected chi connectivity index (χ2v) is 7.33. The molecule has 1 saturated heterocycles. The average Bonchev–Trinajstić information content (AvgIpc) is 3.07. The summed E-state index contributed by atoms with van der Waals surface area (Å²) in [5.41, 5.74) is 2.01. The molecular weight excluding hydrogens is 401 g/mol. The van der Waals surface area contributed by atoms with E-state index in [0.717, 1.165) is 5.69 Å². The second-order valence-electron chi connectivity index (χ2n) is 6.92. The van der Waals surface area contributed by atoms with Gasteiger partial charge in [0, 0.05) is 37.4 Å². The SMILES string of the molecule is C[C@@H]1CN(C(=O)CNc2cnc3[nH]c(=O)oc3c2)CCN1c1ccc(Cl)c(F)c1. The first-order valence-corrected chi connectivity index (χ1v) is 9.51. The van der Waals surface area contributed by atoms with Crippen LogP contribution in [-0.2, 0) is 4.79 Å². The maximum absolute atomic E-state index is 13.8. The first-order valence-electron chi connectivity index (χ1n) is 9.13. The fourth-order valence-corrected chi connectivity index (χ4v) is 3.57. The van der Waals surface area contributed by atoms with E-state index in [4.69, 9.17) is 16.0 Å². The van der Waals surface area contributed by atoms with Gasteiger partial charge in [0.2, 0.25) is 5.91 Å². The molecule has 1 amide bonds. The van der Waals surface area contributed by atoms with Crippen molar-refractivity contribution in [1.82, 2.24) is 14.9 Å². The van der Waals surface area contributed by atoms with E-state index in [-0.39, 0.29) is 23.5 Å². The summed E-state index contributed by atoms with van der Waals surface area (Å²) in [6.45, 7) is 3.72. The number of hydrogen-bond acceptors (Lipinski definition) is 6. The molecule has 1 atom stereocenters. The quantitative estimate of drug-likeness (QED) is 0.674. The molecule has 0 radical (unpaired) electrons. The fraction of sp³-hybridized carbons (Fsp3) is 0.316. The van der Waals surface area contributed by atoms with Crippen molar-refractivity contribution in [3.63, 3.8) is 0 Å². The van der Waals surface area contributed by atoms with Gasteiger partial charge < -0.3 is 19.5 Å². The zero-order valence-corrected chi connectivity index (χ0v) is 16.4. The molecule has 1 aliphatic heterocycles. The Kier molecular flexibility index (Phi) is 5.14. The highest BCUT2D eigenvalue weighted by Gasteiger charge is 2.27. The Morgan fingerprint density at radius 3 is 3.00 bits per heavy atom. The van der Waals surface area contributed by atoms with Gasteiger partial charge in [-0.2, -0.15) is 0 Å². The summed E-state index contributed by atoms with van der Waals surface area (Å²) in [5, 5.41) is 3.10. The summed E-state index contributed by atoms with van der Waals surface area (Å²) < 4.78 is 18.7. The number of H-pyrrole nitrogens is 1. The standard InChI is InChI=1S/C19H19ClFN5O3/c1-11-10-25(4-5-26(11)13-2-3-14(20)15(21)7-13)17(27)9-22-12-6-16-18(23-8-12)24-19(28)29-16/h2-3,6-8,11,22H,4-5,9-10H2,1H3,(H,23,24,28)/t11-/m1/s1. The van der Waals surface area contributed by atoms with Crippen LogP contribution in [-0.4, -0.2) is 53.0 Å². The van der Waals surface area contributed by atoms with Gasteiger partial charge in [-0.1, -0.05) is 11.6 Å². The van der Waals surface area contributed by atoms with Crippen LogP contribution < -0.4 is 16.0 Å². The number of aromatic amines is 1. The van der Waals surface area contributed by atoms with Gasteiger partial charge in [0.05, 0.1) is 23.5 Å². The summed E-state index contributed by atoms with van der Waals surface area (Å²) in [6.07, 6.45) is 1.52. The molecule has 29 heavy (non-hydrogen) atoms. The van der Waals surface area contributed by atoms with Crippen LogP contribution in [0.1, 0.15) is 6.92 Å². The van der Waals surface area contributed by atoms with Crippen molar-refractivity contribution in [2.75, 3.05) is 36.4 Å². The third-order valence-corrected chi connectivity index (χ3v) is 5.24. The van der Waals surface area contributed by atoms with Crippen LogP contribution in [0.25, 0.3) is 11.2 Å². The smallest absolute Gasteiger partial charge is 0.406 e. The number of rotatable bonds is 4. The highest BCUT2D eigenvalue weighted by Crippen LogP contribution is 2.25. The van der Waals surface area contributed by atoms with Crippen molar-refractivity contribution >= 4 is 40.1 Å². The number of carbonyl (C=O) groups is 1. The molecule has 0 saturated carbocycles. The summed E-state index contributed by atoms with van der Waals surface area (Å²) in [4.78, 5) is 34.1. The summed E-state index contributed by atoms with van der Waals surface area (Å²) >= 11 is 5.76. The molecule has 8 nitrogen and oxygen atoms in total. The lowest BCUT2D eigenvalue weighted by Gasteiger charge is -2.41. The van der Waals surface area contributed by atoms with E-state index < -0.39 is 11.6 Å². The number of carbonyl (C=O) groups excluding carboxylic acids is 1. The Hall–Kier alpha value is -3.07. The normalized spacial score (nSPS) is 17.0. The first kappa shape index (κ1) is 19.3. The largest absolute Gasteiger partial charge is 0.418 e. The lowest BCUT2D eigenvalue weighted by atomic mass is 10.1. The van der Waals surface area contributed by atoms with Crippen molar-refractivity contribution in [3.05, 3.63) is 51.9 Å². The molecule has 3 heterocycles. The van der Waals surface area contributed by atoms with Gasteiger partial charge in [0.25, 0.3) is 0 Å². The Morgan fingerprint density at radius 1 is 1.41 bits per heavy atom. The van der Waals surface area contributed by atoms with Crippen LogP contribution in [0.5, 0.6) is 0 Å². The van der Waals surface area contributed by atoms with Crippen LogP contribution in [0, 0.1) is 5.82 Å². The number of halogens is 2. The van der Waals surface area contributed by atoms with Gasteiger partial charge in [-0.25, -0.2) is 14.2 Å². The summed E-state index contributed by atoms with van der Waals surface area (Å²) in [6, 6.07) is 6.38. The number of anilines is 2. The Labute approximate surface area is 170 Å². The third-order valence-electron chi connectivity index (χ3n) is 4.93. The number of fused-ring (bicyclic) bond motifs is 1. The average molecular weight is 420 g/mol. The maximum atomic E-state index is 13.8. The van der Waals surface area contributed by atoms with Gasteiger partial charge in [0.15, 0.2) is 11.2 Å². The number of oxazole rings is 1. The molecule has 10 heteroatoms. The van der Waals surface area contributed by atoms with Crippen LogP contribution in [0.3, 0.4) is 0 Å². The number of pyridine rings is 1. The number of nitrogens with zero attached hydrogens (tertiary/aromatic N) is 3. The van der Waals surface area contributed by atoms with E-state index in [0.29, 0.717) is 36.6 Å².